The van der Waals surface area contributed by atoms with E-state index in [1.807, 2.05) is 0 Å². The number of terminal acetylenes is 1. The molecule has 13 heavy (non-hydrogen) atoms. The van der Waals surface area contributed by atoms with E-state index in [9.17, 15) is 0 Å². The number of rotatable bonds is 3. The maximum atomic E-state index is 5.07. The van der Waals surface area contributed by atoms with Crippen molar-refractivity contribution in [3.63, 3.8) is 0 Å². The Morgan fingerprint density at radius 3 is 2.62 bits per heavy atom. The van der Waals surface area contributed by atoms with Crippen LogP contribution in [-0.2, 0) is 6.42 Å². The van der Waals surface area contributed by atoms with Crippen LogP contribution in [0.1, 0.15) is 18.1 Å². The maximum Gasteiger partial charge on any atom is 0.0995 e. The lowest BCUT2D eigenvalue weighted by molar-refractivity contribution is 1.14. The van der Waals surface area contributed by atoms with E-state index in [4.69, 9.17) is 6.42 Å². The average molecular weight is 171 g/mol. The number of benzene rings is 1. The minimum Gasteiger partial charge on any atom is -0.280 e. The van der Waals surface area contributed by atoms with Gasteiger partial charge in [0, 0.05) is 6.21 Å². The molecule has 0 N–H and O–H groups in total. The second-order valence-electron chi connectivity index (χ2n) is 2.77. The minimum atomic E-state index is 0.454. The molecule has 1 nitrogen and oxygen atoms in total. The molecule has 0 fully saturated rings. The molecule has 0 amide bonds. The summed E-state index contributed by atoms with van der Waals surface area (Å²) < 4.78 is 0. The number of aliphatic imine (C=N–C) groups is 1. The molecule has 1 aromatic rings. The van der Waals surface area contributed by atoms with Gasteiger partial charge in [-0.05, 0) is 17.5 Å². The molecule has 1 heteroatoms. The second kappa shape index (κ2) is 5.16. The quantitative estimate of drug-likeness (QED) is 0.489. The van der Waals surface area contributed by atoms with Gasteiger partial charge >= 0.3 is 0 Å². The summed E-state index contributed by atoms with van der Waals surface area (Å²) in [5.74, 6) is 2.46. The van der Waals surface area contributed by atoms with Crippen LogP contribution in [0.25, 0.3) is 0 Å². The first-order chi connectivity index (χ1) is 6.36. The van der Waals surface area contributed by atoms with Crippen molar-refractivity contribution in [1.29, 1.82) is 0 Å². The van der Waals surface area contributed by atoms with Crippen LogP contribution in [0.4, 0.5) is 0 Å². The topological polar surface area (TPSA) is 12.4 Å². The van der Waals surface area contributed by atoms with E-state index in [0.29, 0.717) is 6.54 Å². The fraction of sp³-hybridized carbons (Fsp3) is 0.250. The van der Waals surface area contributed by atoms with Gasteiger partial charge in [0.1, 0.15) is 0 Å². The summed E-state index contributed by atoms with van der Waals surface area (Å²) in [6, 6.07) is 8.33. The monoisotopic (exact) mass is 171 g/mol. The molecule has 0 aliphatic heterocycles. The fourth-order valence-corrected chi connectivity index (χ4v) is 1.04. The van der Waals surface area contributed by atoms with Crippen LogP contribution in [0, 0.1) is 12.3 Å². The normalized spacial score (nSPS) is 10.2. The van der Waals surface area contributed by atoms with E-state index in [1.54, 1.807) is 6.21 Å². The van der Waals surface area contributed by atoms with Gasteiger partial charge in [-0.15, -0.1) is 6.42 Å². The third-order valence-electron chi connectivity index (χ3n) is 1.81. The molecule has 0 bridgehead atoms. The molecule has 0 spiro atoms. The van der Waals surface area contributed by atoms with Crippen LogP contribution in [0.3, 0.4) is 0 Å². The Balaban J connectivity index is 2.65. The van der Waals surface area contributed by atoms with E-state index < -0.39 is 0 Å². The Hall–Kier alpha value is -1.55. The lowest BCUT2D eigenvalue weighted by Crippen LogP contribution is -1.84. The Kier molecular flexibility index (Phi) is 3.78. The molecule has 66 valence electrons. The Labute approximate surface area is 79.5 Å². The van der Waals surface area contributed by atoms with Crippen molar-refractivity contribution in [3.8, 4) is 12.3 Å². The highest BCUT2D eigenvalue weighted by atomic mass is 14.7. The van der Waals surface area contributed by atoms with Gasteiger partial charge in [-0.3, -0.25) is 4.99 Å². The van der Waals surface area contributed by atoms with Crippen LogP contribution < -0.4 is 0 Å². The first kappa shape index (κ1) is 9.54. The van der Waals surface area contributed by atoms with Crippen molar-refractivity contribution < 1.29 is 0 Å². The van der Waals surface area contributed by atoms with Crippen molar-refractivity contribution in [2.75, 3.05) is 6.54 Å². The van der Waals surface area contributed by atoms with Crippen LogP contribution in [0.15, 0.2) is 29.3 Å². The van der Waals surface area contributed by atoms with E-state index in [1.165, 1.54) is 5.56 Å². The van der Waals surface area contributed by atoms with Crippen molar-refractivity contribution >= 4 is 6.21 Å². The molecule has 0 aliphatic rings. The van der Waals surface area contributed by atoms with E-state index >= 15 is 0 Å². The largest absolute Gasteiger partial charge is 0.280 e. The third-order valence-corrected chi connectivity index (χ3v) is 1.81. The summed E-state index contributed by atoms with van der Waals surface area (Å²) in [6.07, 6.45) is 7.95. The third kappa shape index (κ3) is 3.13. The zero-order valence-corrected chi connectivity index (χ0v) is 7.83. The lowest BCUT2D eigenvalue weighted by Gasteiger charge is -1.95. The van der Waals surface area contributed by atoms with Gasteiger partial charge in [-0.25, -0.2) is 0 Å². The summed E-state index contributed by atoms with van der Waals surface area (Å²) in [4.78, 5) is 4.05. The molecule has 1 rings (SSSR count). The second-order valence-corrected chi connectivity index (χ2v) is 2.77. The van der Waals surface area contributed by atoms with Gasteiger partial charge in [-0.1, -0.05) is 37.1 Å². The summed E-state index contributed by atoms with van der Waals surface area (Å²) in [7, 11) is 0. The molecular weight excluding hydrogens is 158 g/mol. The zero-order chi connectivity index (χ0) is 9.52. The number of aryl methyl sites for hydroxylation is 1. The molecule has 0 saturated carbocycles. The number of hydrogen-bond acceptors (Lipinski definition) is 1. The molecule has 0 radical (unpaired) electrons. The van der Waals surface area contributed by atoms with Crippen molar-refractivity contribution in [1.82, 2.24) is 0 Å². The number of hydrogen-bond donors (Lipinski definition) is 0. The highest BCUT2D eigenvalue weighted by molar-refractivity contribution is 5.79. The SMILES string of the molecule is C#CCN=Cc1ccc(CC)cc1. The molecule has 1 aromatic carbocycles. The van der Waals surface area contributed by atoms with Gasteiger partial charge in [0.25, 0.3) is 0 Å². The van der Waals surface area contributed by atoms with Crippen LogP contribution in [0.2, 0.25) is 0 Å². The predicted molar refractivity (Wildman–Crippen MR) is 57.1 cm³/mol. The molecular formula is C12H13N. The van der Waals surface area contributed by atoms with Crippen molar-refractivity contribution in [2.24, 2.45) is 4.99 Å². The Morgan fingerprint density at radius 2 is 2.08 bits per heavy atom. The highest BCUT2D eigenvalue weighted by Crippen LogP contribution is 2.02. The molecule has 0 atom stereocenters. The summed E-state index contributed by atoms with van der Waals surface area (Å²) in [5, 5.41) is 0. The fourth-order valence-electron chi connectivity index (χ4n) is 1.04. The van der Waals surface area contributed by atoms with Crippen LogP contribution in [-0.4, -0.2) is 12.8 Å². The molecule has 0 heterocycles. The van der Waals surface area contributed by atoms with Gasteiger partial charge in [0.05, 0.1) is 6.54 Å². The standard InChI is InChI=1S/C12H13N/c1-3-9-13-10-12-7-5-11(4-2)6-8-12/h1,5-8,10H,4,9H2,2H3. The molecule has 0 saturated heterocycles. The van der Waals surface area contributed by atoms with Crippen molar-refractivity contribution in [2.45, 2.75) is 13.3 Å². The first-order valence-corrected chi connectivity index (χ1v) is 4.39. The average Bonchev–Trinajstić information content (AvgIpc) is 2.19. The predicted octanol–water partition coefficient (Wildman–Crippen LogP) is 2.30. The molecule has 0 aliphatic carbocycles. The number of nitrogens with zero attached hydrogens (tertiary/aromatic N) is 1. The summed E-state index contributed by atoms with van der Waals surface area (Å²) in [5.41, 5.74) is 2.45. The van der Waals surface area contributed by atoms with Gasteiger partial charge in [-0.2, -0.15) is 0 Å². The minimum absolute atomic E-state index is 0.454. The van der Waals surface area contributed by atoms with Gasteiger partial charge in [0.2, 0.25) is 0 Å². The van der Waals surface area contributed by atoms with Crippen molar-refractivity contribution in [3.05, 3.63) is 35.4 Å². The summed E-state index contributed by atoms with van der Waals surface area (Å²) in [6.45, 7) is 2.59. The smallest absolute Gasteiger partial charge is 0.0995 e. The maximum absolute atomic E-state index is 5.07. The van der Waals surface area contributed by atoms with Gasteiger partial charge in [0.15, 0.2) is 0 Å². The Morgan fingerprint density at radius 1 is 1.38 bits per heavy atom. The first-order valence-electron chi connectivity index (χ1n) is 4.39. The van der Waals surface area contributed by atoms with E-state index in [2.05, 4.69) is 42.1 Å². The molecule has 0 unspecified atom stereocenters. The summed E-state index contributed by atoms with van der Waals surface area (Å²) >= 11 is 0. The molecule has 0 aromatic heterocycles. The highest BCUT2D eigenvalue weighted by Gasteiger charge is 1.88. The zero-order valence-electron chi connectivity index (χ0n) is 7.83. The van der Waals surface area contributed by atoms with E-state index in [-0.39, 0.29) is 0 Å². The van der Waals surface area contributed by atoms with E-state index in [0.717, 1.165) is 12.0 Å². The van der Waals surface area contributed by atoms with Gasteiger partial charge < -0.3 is 0 Å². The van der Waals surface area contributed by atoms with Crippen LogP contribution in [0.5, 0.6) is 0 Å². The lowest BCUT2D eigenvalue weighted by atomic mass is 10.1. The Bertz CT molecular complexity index is 314. The van der Waals surface area contributed by atoms with Crippen LogP contribution >= 0.6 is 0 Å².